The Labute approximate surface area is 116 Å². The van der Waals surface area contributed by atoms with Crippen molar-refractivity contribution < 1.29 is 27.8 Å². The van der Waals surface area contributed by atoms with Gasteiger partial charge in [0, 0.05) is 39.3 Å². The molecule has 0 aliphatic carbocycles. The molecule has 1 saturated heterocycles. The molecule has 1 aliphatic heterocycles. The van der Waals surface area contributed by atoms with Crippen LogP contribution in [0.1, 0.15) is 13.3 Å². The molecule has 118 valence electrons. The first-order valence-corrected chi connectivity index (χ1v) is 6.63. The smallest absolute Gasteiger partial charge is 0.411 e. The molecule has 1 unspecified atom stereocenters. The number of carboxylic acids is 1. The summed E-state index contributed by atoms with van der Waals surface area (Å²) in [5, 5.41) is 8.90. The predicted molar refractivity (Wildman–Crippen MR) is 66.6 cm³/mol. The Morgan fingerprint density at radius 3 is 2.40 bits per heavy atom. The largest absolute Gasteiger partial charge is 0.480 e. The van der Waals surface area contributed by atoms with Crippen LogP contribution in [0, 0.1) is 0 Å². The van der Waals surface area contributed by atoms with Crippen molar-refractivity contribution in [3.05, 3.63) is 0 Å². The number of piperazine rings is 1. The average molecular weight is 298 g/mol. The second kappa shape index (κ2) is 7.80. The first-order valence-electron chi connectivity index (χ1n) is 6.63. The van der Waals surface area contributed by atoms with Gasteiger partial charge in [-0.05, 0) is 13.3 Å². The Kier molecular flexibility index (Phi) is 6.70. The lowest BCUT2D eigenvalue weighted by atomic mass is 10.2. The molecule has 0 amide bonds. The van der Waals surface area contributed by atoms with Crippen LogP contribution in [0.25, 0.3) is 0 Å². The first-order chi connectivity index (χ1) is 9.29. The van der Waals surface area contributed by atoms with Crippen molar-refractivity contribution in [1.82, 2.24) is 9.80 Å². The van der Waals surface area contributed by atoms with Crippen LogP contribution in [0.15, 0.2) is 0 Å². The van der Waals surface area contributed by atoms with Gasteiger partial charge in [-0.25, -0.2) is 0 Å². The van der Waals surface area contributed by atoms with Crippen LogP contribution < -0.4 is 0 Å². The highest BCUT2D eigenvalue weighted by molar-refractivity contribution is 5.72. The van der Waals surface area contributed by atoms with E-state index in [0.717, 1.165) is 13.1 Å². The van der Waals surface area contributed by atoms with Crippen LogP contribution in [0.5, 0.6) is 0 Å². The fourth-order valence-corrected chi connectivity index (χ4v) is 2.11. The fraction of sp³-hybridized carbons (Fsp3) is 0.917. The molecule has 1 fully saturated rings. The maximum absolute atomic E-state index is 11.8. The lowest BCUT2D eigenvalue weighted by Gasteiger charge is -2.36. The van der Waals surface area contributed by atoms with Crippen LogP contribution in [-0.4, -0.2) is 79.0 Å². The van der Waals surface area contributed by atoms with Crippen molar-refractivity contribution in [3.8, 4) is 0 Å². The molecule has 0 radical (unpaired) electrons. The van der Waals surface area contributed by atoms with Crippen LogP contribution >= 0.6 is 0 Å². The lowest BCUT2D eigenvalue weighted by Crippen LogP contribution is -2.51. The molecule has 0 aromatic carbocycles. The highest BCUT2D eigenvalue weighted by Gasteiger charge is 2.27. The summed E-state index contributed by atoms with van der Waals surface area (Å²) in [5.74, 6) is -0.834. The second-order valence-corrected chi connectivity index (χ2v) is 4.91. The number of halogens is 3. The zero-order valence-corrected chi connectivity index (χ0v) is 11.5. The van der Waals surface area contributed by atoms with Gasteiger partial charge in [-0.1, -0.05) is 0 Å². The Hall–Kier alpha value is -0.860. The molecule has 1 rings (SSSR count). The number of hydrogen-bond acceptors (Lipinski definition) is 4. The van der Waals surface area contributed by atoms with Crippen molar-refractivity contribution in [2.75, 3.05) is 45.9 Å². The number of alkyl halides is 3. The van der Waals surface area contributed by atoms with E-state index in [1.807, 2.05) is 4.90 Å². The minimum absolute atomic E-state index is 0.0885. The molecular weight excluding hydrogens is 277 g/mol. The molecular formula is C12H21F3N2O3. The standard InChI is InChI=1S/C12H21F3N2O3/c1-10(11(18)19)17-6-4-16(5-7-17)3-2-8-20-9-12(13,14)15/h10H,2-9H2,1H3,(H,18,19). The van der Waals surface area contributed by atoms with Gasteiger partial charge in [-0.3, -0.25) is 9.69 Å². The number of nitrogens with zero attached hydrogens (tertiary/aromatic N) is 2. The van der Waals surface area contributed by atoms with E-state index in [1.165, 1.54) is 0 Å². The molecule has 0 saturated carbocycles. The van der Waals surface area contributed by atoms with E-state index in [-0.39, 0.29) is 6.61 Å². The second-order valence-electron chi connectivity index (χ2n) is 4.91. The molecule has 20 heavy (non-hydrogen) atoms. The molecule has 0 aromatic rings. The topological polar surface area (TPSA) is 53.0 Å². The monoisotopic (exact) mass is 298 g/mol. The minimum Gasteiger partial charge on any atom is -0.480 e. The van der Waals surface area contributed by atoms with Gasteiger partial charge in [-0.2, -0.15) is 13.2 Å². The summed E-state index contributed by atoms with van der Waals surface area (Å²) < 4.78 is 40.0. The van der Waals surface area contributed by atoms with Crippen LogP contribution in [-0.2, 0) is 9.53 Å². The molecule has 1 N–H and O–H groups in total. The van der Waals surface area contributed by atoms with Gasteiger partial charge in [0.05, 0.1) is 0 Å². The van der Waals surface area contributed by atoms with Gasteiger partial charge < -0.3 is 14.7 Å². The van der Waals surface area contributed by atoms with E-state index < -0.39 is 24.8 Å². The number of carboxylic acid groups (broad SMARTS) is 1. The average Bonchev–Trinajstić information content (AvgIpc) is 2.37. The van der Waals surface area contributed by atoms with E-state index in [2.05, 4.69) is 9.64 Å². The zero-order valence-electron chi connectivity index (χ0n) is 11.5. The number of ether oxygens (including phenoxy) is 1. The van der Waals surface area contributed by atoms with Gasteiger partial charge in [0.15, 0.2) is 0 Å². The number of aliphatic carboxylic acids is 1. The van der Waals surface area contributed by atoms with E-state index in [9.17, 15) is 18.0 Å². The molecule has 1 atom stereocenters. The van der Waals surface area contributed by atoms with E-state index in [4.69, 9.17) is 5.11 Å². The van der Waals surface area contributed by atoms with Crippen molar-refractivity contribution in [2.45, 2.75) is 25.6 Å². The first kappa shape index (κ1) is 17.2. The predicted octanol–water partition coefficient (Wildman–Crippen LogP) is 1.05. The number of hydrogen-bond donors (Lipinski definition) is 1. The van der Waals surface area contributed by atoms with E-state index in [1.54, 1.807) is 6.92 Å². The molecule has 1 heterocycles. The van der Waals surface area contributed by atoms with Crippen molar-refractivity contribution in [3.63, 3.8) is 0 Å². The molecule has 1 aliphatic rings. The van der Waals surface area contributed by atoms with Gasteiger partial charge in [0.1, 0.15) is 12.6 Å². The molecule has 0 spiro atoms. The molecule has 5 nitrogen and oxygen atoms in total. The van der Waals surface area contributed by atoms with Crippen LogP contribution in [0.4, 0.5) is 13.2 Å². The third-order valence-electron chi connectivity index (χ3n) is 3.34. The summed E-state index contributed by atoms with van der Waals surface area (Å²) in [5.41, 5.74) is 0. The highest BCUT2D eigenvalue weighted by atomic mass is 19.4. The summed E-state index contributed by atoms with van der Waals surface area (Å²) in [6, 6.07) is -0.493. The third-order valence-corrected chi connectivity index (χ3v) is 3.34. The van der Waals surface area contributed by atoms with Crippen molar-refractivity contribution in [2.24, 2.45) is 0 Å². The Balaban J connectivity index is 2.09. The number of rotatable bonds is 7. The van der Waals surface area contributed by atoms with E-state index >= 15 is 0 Å². The number of carbonyl (C=O) groups is 1. The van der Waals surface area contributed by atoms with Crippen molar-refractivity contribution >= 4 is 5.97 Å². The SMILES string of the molecule is CC(C(=O)O)N1CCN(CCCOCC(F)(F)F)CC1. The quantitative estimate of drug-likeness (QED) is 0.712. The Morgan fingerprint density at radius 2 is 1.90 bits per heavy atom. The summed E-state index contributed by atoms with van der Waals surface area (Å²) in [6.07, 6.45) is -3.72. The summed E-state index contributed by atoms with van der Waals surface area (Å²) in [6.45, 7) is 4.01. The third kappa shape index (κ3) is 6.53. The summed E-state index contributed by atoms with van der Waals surface area (Å²) in [7, 11) is 0. The fourth-order valence-electron chi connectivity index (χ4n) is 2.11. The highest BCUT2D eigenvalue weighted by Crippen LogP contribution is 2.14. The summed E-state index contributed by atoms with van der Waals surface area (Å²) in [4.78, 5) is 14.8. The van der Waals surface area contributed by atoms with Gasteiger partial charge >= 0.3 is 12.1 Å². The Morgan fingerprint density at radius 1 is 1.30 bits per heavy atom. The van der Waals surface area contributed by atoms with E-state index in [0.29, 0.717) is 26.1 Å². The summed E-state index contributed by atoms with van der Waals surface area (Å²) >= 11 is 0. The lowest BCUT2D eigenvalue weighted by molar-refractivity contribution is -0.174. The Bertz CT molecular complexity index is 305. The minimum atomic E-state index is -4.27. The van der Waals surface area contributed by atoms with Gasteiger partial charge in [0.2, 0.25) is 0 Å². The van der Waals surface area contributed by atoms with Crippen molar-refractivity contribution in [1.29, 1.82) is 0 Å². The maximum atomic E-state index is 11.8. The van der Waals surface area contributed by atoms with Crippen LogP contribution in [0.3, 0.4) is 0 Å². The van der Waals surface area contributed by atoms with Gasteiger partial charge in [-0.15, -0.1) is 0 Å². The molecule has 0 bridgehead atoms. The maximum Gasteiger partial charge on any atom is 0.411 e. The molecule has 8 heteroatoms. The van der Waals surface area contributed by atoms with Crippen LogP contribution in [0.2, 0.25) is 0 Å². The van der Waals surface area contributed by atoms with Gasteiger partial charge in [0.25, 0.3) is 0 Å². The zero-order chi connectivity index (χ0) is 15.2. The normalized spacial score (nSPS) is 20.0. The molecule has 0 aromatic heterocycles.